The van der Waals surface area contributed by atoms with Crippen LogP contribution in [0.1, 0.15) is 27.3 Å². The van der Waals surface area contributed by atoms with Crippen LogP contribution < -0.4 is 0 Å². The Balaban J connectivity index is 2.04. The molecule has 0 spiro atoms. The van der Waals surface area contributed by atoms with Gasteiger partial charge in [-0.05, 0) is 44.2 Å². The molecule has 0 aliphatic carbocycles. The average Bonchev–Trinajstić information content (AvgIpc) is 2.89. The number of nitrogens with zero attached hydrogens (tertiary/aromatic N) is 3. The van der Waals surface area contributed by atoms with Gasteiger partial charge in [-0.25, -0.2) is 12.7 Å². The summed E-state index contributed by atoms with van der Waals surface area (Å²) in [6.07, 6.45) is 0. The molecular weight excluding hydrogens is 340 g/mol. The van der Waals surface area contributed by atoms with Gasteiger partial charge in [-0.3, -0.25) is 4.79 Å². The van der Waals surface area contributed by atoms with Gasteiger partial charge in [0.2, 0.25) is 10.0 Å². The normalized spacial score (nSPS) is 12.0. The molecule has 7 nitrogen and oxygen atoms in total. The number of sulfonamides is 1. The highest BCUT2D eigenvalue weighted by Crippen LogP contribution is 2.24. The van der Waals surface area contributed by atoms with Crippen LogP contribution in [0.3, 0.4) is 0 Å². The highest BCUT2D eigenvalue weighted by Gasteiger charge is 2.21. The largest absolute Gasteiger partial charge is 0.357 e. The predicted molar refractivity (Wildman–Crippen MR) is 94.1 cm³/mol. The van der Waals surface area contributed by atoms with Gasteiger partial charge < -0.3 is 4.98 Å². The minimum atomic E-state index is -3.53. The zero-order valence-electron chi connectivity index (χ0n) is 14.4. The number of nitrogens with one attached hydrogen (secondary N) is 1. The molecular formula is C17H18N4O3S. The Kier molecular flexibility index (Phi) is 4.18. The van der Waals surface area contributed by atoms with Crippen LogP contribution in [0.4, 0.5) is 0 Å². The molecule has 0 saturated heterocycles. The third-order valence-corrected chi connectivity index (χ3v) is 5.80. The van der Waals surface area contributed by atoms with Gasteiger partial charge in [0, 0.05) is 25.4 Å². The fourth-order valence-corrected chi connectivity index (χ4v) is 3.52. The maximum absolute atomic E-state index is 12.9. The zero-order chi connectivity index (χ0) is 18.4. The minimum absolute atomic E-state index is 0.139. The molecule has 3 rings (SSSR count). The molecule has 0 fully saturated rings. The highest BCUT2D eigenvalue weighted by atomic mass is 32.2. The number of carbonyl (C=O) groups is 1. The third-order valence-electron chi connectivity index (χ3n) is 3.97. The number of aromatic amines is 1. The van der Waals surface area contributed by atoms with Crippen LogP contribution in [0.5, 0.6) is 0 Å². The van der Waals surface area contributed by atoms with Gasteiger partial charge in [0.05, 0.1) is 21.7 Å². The number of ketones is 1. The van der Waals surface area contributed by atoms with E-state index in [0.29, 0.717) is 22.3 Å². The minimum Gasteiger partial charge on any atom is -0.357 e. The maximum atomic E-state index is 12.9. The molecule has 0 amide bonds. The number of benzene rings is 1. The Morgan fingerprint density at radius 1 is 1.08 bits per heavy atom. The summed E-state index contributed by atoms with van der Waals surface area (Å²) in [5, 5.41) is 8.14. The lowest BCUT2D eigenvalue weighted by atomic mass is 10.0. The summed E-state index contributed by atoms with van der Waals surface area (Å²) in [6, 6.07) is 7.72. The summed E-state index contributed by atoms with van der Waals surface area (Å²) in [6.45, 7) is 3.63. The number of rotatable bonds is 4. The number of hydrogen-bond acceptors (Lipinski definition) is 5. The molecule has 2 aromatic heterocycles. The van der Waals surface area contributed by atoms with Crippen molar-refractivity contribution in [3.63, 3.8) is 0 Å². The van der Waals surface area contributed by atoms with Crippen molar-refractivity contribution in [1.82, 2.24) is 19.5 Å². The quantitative estimate of drug-likeness (QED) is 0.720. The van der Waals surface area contributed by atoms with E-state index in [4.69, 9.17) is 0 Å². The summed E-state index contributed by atoms with van der Waals surface area (Å²) in [5.41, 5.74) is 3.56. The Hall–Kier alpha value is -2.58. The van der Waals surface area contributed by atoms with E-state index in [1.54, 1.807) is 6.92 Å². The van der Waals surface area contributed by atoms with Gasteiger partial charge in [-0.2, -0.15) is 5.10 Å². The van der Waals surface area contributed by atoms with E-state index in [2.05, 4.69) is 15.2 Å². The fraction of sp³-hybridized carbons (Fsp3) is 0.235. The SMILES string of the molecule is Cc1cc2[nH]c(C)c(C(=O)c3ccc(S(=O)(=O)N(C)C)cc3)c2nn1. The number of fused-ring (bicyclic) bond motifs is 1. The molecule has 1 N–H and O–H groups in total. The molecule has 0 unspecified atom stereocenters. The van der Waals surface area contributed by atoms with Gasteiger partial charge >= 0.3 is 0 Å². The second kappa shape index (κ2) is 6.05. The van der Waals surface area contributed by atoms with Crippen LogP contribution in [0, 0.1) is 13.8 Å². The van der Waals surface area contributed by atoms with Crippen molar-refractivity contribution in [2.45, 2.75) is 18.7 Å². The molecule has 8 heteroatoms. The van der Waals surface area contributed by atoms with Gasteiger partial charge in [-0.1, -0.05) is 0 Å². The Labute approximate surface area is 145 Å². The smallest absolute Gasteiger partial charge is 0.242 e. The monoisotopic (exact) mass is 358 g/mol. The van der Waals surface area contributed by atoms with E-state index in [-0.39, 0.29) is 10.7 Å². The average molecular weight is 358 g/mol. The Bertz CT molecular complexity index is 1070. The number of carbonyl (C=O) groups excluding carboxylic acids is 1. The highest BCUT2D eigenvalue weighted by molar-refractivity contribution is 7.89. The van der Waals surface area contributed by atoms with Gasteiger partial charge in [0.25, 0.3) is 0 Å². The summed E-state index contributed by atoms with van der Waals surface area (Å²) in [7, 11) is -0.602. The molecule has 3 aromatic rings. The molecule has 25 heavy (non-hydrogen) atoms. The zero-order valence-corrected chi connectivity index (χ0v) is 15.2. The van der Waals surface area contributed by atoms with E-state index in [1.807, 2.05) is 13.0 Å². The second-order valence-corrected chi connectivity index (χ2v) is 8.17. The van der Waals surface area contributed by atoms with Crippen LogP contribution in [0.2, 0.25) is 0 Å². The lowest BCUT2D eigenvalue weighted by molar-refractivity contribution is 0.103. The third kappa shape index (κ3) is 2.94. The van der Waals surface area contributed by atoms with Crippen molar-refractivity contribution in [3.8, 4) is 0 Å². The van der Waals surface area contributed by atoms with Crippen LogP contribution >= 0.6 is 0 Å². The van der Waals surface area contributed by atoms with Gasteiger partial charge in [-0.15, -0.1) is 5.10 Å². The van der Waals surface area contributed by atoms with Crippen molar-refractivity contribution in [2.75, 3.05) is 14.1 Å². The molecule has 0 radical (unpaired) electrons. The molecule has 0 aliphatic rings. The first-order chi connectivity index (χ1) is 11.7. The van der Waals surface area contributed by atoms with Crippen LogP contribution in [-0.4, -0.2) is 47.8 Å². The van der Waals surface area contributed by atoms with E-state index in [9.17, 15) is 13.2 Å². The van der Waals surface area contributed by atoms with Crippen molar-refractivity contribution < 1.29 is 13.2 Å². The van der Waals surface area contributed by atoms with Crippen molar-refractivity contribution in [2.24, 2.45) is 0 Å². The van der Waals surface area contributed by atoms with Crippen LogP contribution in [-0.2, 0) is 10.0 Å². The van der Waals surface area contributed by atoms with Crippen LogP contribution in [0.15, 0.2) is 35.2 Å². The molecule has 0 saturated carbocycles. The van der Waals surface area contributed by atoms with E-state index >= 15 is 0 Å². The number of aromatic nitrogens is 3. The lowest BCUT2D eigenvalue weighted by Gasteiger charge is -2.11. The summed E-state index contributed by atoms with van der Waals surface area (Å²) in [4.78, 5) is 16.2. The van der Waals surface area contributed by atoms with Gasteiger partial charge in [0.1, 0.15) is 5.52 Å². The lowest BCUT2D eigenvalue weighted by Crippen LogP contribution is -2.22. The Morgan fingerprint density at radius 3 is 2.32 bits per heavy atom. The maximum Gasteiger partial charge on any atom is 0.242 e. The van der Waals surface area contributed by atoms with Crippen LogP contribution in [0.25, 0.3) is 11.0 Å². The Morgan fingerprint density at radius 2 is 1.72 bits per heavy atom. The first kappa shape index (κ1) is 17.2. The van der Waals surface area contributed by atoms with E-state index in [1.165, 1.54) is 38.4 Å². The van der Waals surface area contributed by atoms with Crippen molar-refractivity contribution >= 4 is 26.8 Å². The van der Waals surface area contributed by atoms with Crippen molar-refractivity contribution in [3.05, 3.63) is 52.8 Å². The second-order valence-electron chi connectivity index (χ2n) is 6.01. The van der Waals surface area contributed by atoms with Gasteiger partial charge in [0.15, 0.2) is 5.78 Å². The molecule has 1 aromatic carbocycles. The summed E-state index contributed by atoms with van der Waals surface area (Å²) < 4.78 is 25.4. The first-order valence-corrected chi connectivity index (χ1v) is 9.05. The molecule has 0 bridgehead atoms. The number of H-pyrrole nitrogens is 1. The summed E-state index contributed by atoms with van der Waals surface area (Å²) in [5.74, 6) is -0.226. The number of hydrogen-bond donors (Lipinski definition) is 1. The van der Waals surface area contributed by atoms with E-state index < -0.39 is 10.0 Å². The molecule has 130 valence electrons. The summed E-state index contributed by atoms with van der Waals surface area (Å²) >= 11 is 0. The first-order valence-electron chi connectivity index (χ1n) is 7.61. The molecule has 2 heterocycles. The predicted octanol–water partition coefficient (Wildman–Crippen LogP) is 2.06. The van der Waals surface area contributed by atoms with E-state index in [0.717, 1.165) is 15.5 Å². The molecule has 0 atom stereocenters. The number of aryl methyl sites for hydroxylation is 2. The van der Waals surface area contributed by atoms with Crippen molar-refractivity contribution in [1.29, 1.82) is 0 Å². The molecule has 0 aliphatic heterocycles. The fourth-order valence-electron chi connectivity index (χ4n) is 2.62. The topological polar surface area (TPSA) is 96.0 Å². The standard InChI is InChI=1S/C17H18N4O3S/c1-10-9-14-16(20-19-10)15(11(2)18-14)17(22)12-5-7-13(8-6-12)25(23,24)21(3)4/h5-9,18H,1-4H3.